The van der Waals surface area contributed by atoms with E-state index in [1.807, 2.05) is 0 Å². The number of pyridine rings is 2. The minimum absolute atomic E-state index is 0.0130. The van der Waals surface area contributed by atoms with Gasteiger partial charge in [0.1, 0.15) is 34.3 Å². The van der Waals surface area contributed by atoms with E-state index < -0.39 is 47.7 Å². The average molecular weight is 462 g/mol. The Morgan fingerprint density at radius 1 is 1.42 bits per heavy atom. The van der Waals surface area contributed by atoms with Crippen molar-refractivity contribution in [1.82, 2.24) is 9.97 Å². The number of hydrogen-bond donors (Lipinski definition) is 2. The third kappa shape index (κ3) is 4.79. The number of alkyl halides is 3. The van der Waals surface area contributed by atoms with Gasteiger partial charge in [-0.25, -0.2) is 19.4 Å². The molecule has 3 rings (SSSR count). The first-order chi connectivity index (χ1) is 14.4. The number of nitrogens with two attached hydrogens (primary N) is 1. The summed E-state index contributed by atoms with van der Waals surface area (Å²) in [5.74, 6) is -1.53. The zero-order chi connectivity index (χ0) is 23.0. The molecule has 166 valence electrons. The van der Waals surface area contributed by atoms with Gasteiger partial charge >= 0.3 is 6.18 Å². The van der Waals surface area contributed by atoms with Gasteiger partial charge in [-0.1, -0.05) is 11.6 Å². The first-order valence-corrected chi connectivity index (χ1v) is 9.07. The lowest BCUT2D eigenvalue weighted by atomic mass is 9.89. The van der Waals surface area contributed by atoms with Crippen LogP contribution in [0.3, 0.4) is 0 Å². The molecule has 0 saturated heterocycles. The molecular weight excluding hydrogens is 446 g/mol. The van der Waals surface area contributed by atoms with Crippen molar-refractivity contribution in [2.24, 2.45) is 10.7 Å². The number of nitrogens with one attached hydrogen (secondary N) is 1. The van der Waals surface area contributed by atoms with Crippen LogP contribution in [-0.4, -0.2) is 41.3 Å². The van der Waals surface area contributed by atoms with Gasteiger partial charge in [-0.15, -0.1) is 0 Å². The summed E-state index contributed by atoms with van der Waals surface area (Å²) in [4.78, 5) is 24.1. The fraction of sp³-hybridized carbons (Fsp3) is 0.333. The lowest BCUT2D eigenvalue weighted by Gasteiger charge is -2.35. The topological polar surface area (TPSA) is 112 Å². The zero-order valence-corrected chi connectivity index (χ0v) is 16.9. The maximum atomic E-state index is 14.5. The molecule has 0 fully saturated rings. The first kappa shape index (κ1) is 22.5. The highest BCUT2D eigenvalue weighted by Gasteiger charge is 2.50. The molecule has 2 atom stereocenters. The Morgan fingerprint density at radius 2 is 2.13 bits per heavy atom. The molecule has 3 N–H and O–H groups in total. The van der Waals surface area contributed by atoms with Gasteiger partial charge < -0.3 is 20.5 Å². The molecule has 0 radical (unpaired) electrons. The molecular formula is C18H16ClF4N5O3. The minimum atomic E-state index is -4.75. The lowest BCUT2D eigenvalue weighted by Crippen LogP contribution is -2.46. The number of amidine groups is 1. The summed E-state index contributed by atoms with van der Waals surface area (Å²) in [6, 6.07) is 2.69. The summed E-state index contributed by atoms with van der Waals surface area (Å²) in [7, 11) is 1.40. The van der Waals surface area contributed by atoms with Crippen molar-refractivity contribution in [2.45, 2.75) is 31.2 Å². The Labute approximate surface area is 178 Å². The van der Waals surface area contributed by atoms with Crippen molar-refractivity contribution in [2.75, 3.05) is 12.4 Å². The molecule has 3 heterocycles. The van der Waals surface area contributed by atoms with Gasteiger partial charge in [-0.3, -0.25) is 4.79 Å². The second-order valence-corrected chi connectivity index (χ2v) is 7.17. The smallest absolute Gasteiger partial charge is 0.425 e. The molecule has 8 nitrogen and oxygen atoms in total. The molecule has 31 heavy (non-hydrogen) atoms. The predicted octanol–water partition coefficient (Wildman–Crippen LogP) is 3.41. The van der Waals surface area contributed by atoms with Gasteiger partial charge in [-0.05, 0) is 19.1 Å². The highest BCUT2D eigenvalue weighted by atomic mass is 35.5. The molecule has 13 heteroatoms. The monoisotopic (exact) mass is 461 g/mol. The fourth-order valence-corrected chi connectivity index (χ4v) is 3.20. The van der Waals surface area contributed by atoms with E-state index in [0.29, 0.717) is 5.75 Å². The van der Waals surface area contributed by atoms with Crippen molar-refractivity contribution in [3.63, 3.8) is 0 Å². The molecule has 0 bridgehead atoms. The summed E-state index contributed by atoms with van der Waals surface area (Å²) in [6.07, 6.45) is -6.54. The Morgan fingerprint density at radius 3 is 2.74 bits per heavy atom. The highest BCUT2D eigenvalue weighted by Crippen LogP contribution is 2.40. The van der Waals surface area contributed by atoms with Crippen LogP contribution in [0.4, 0.5) is 23.4 Å². The molecule has 0 unspecified atom stereocenters. The van der Waals surface area contributed by atoms with Crippen LogP contribution in [0.25, 0.3) is 0 Å². The number of hydrogen-bond acceptors (Lipinski definition) is 7. The molecule has 1 aliphatic heterocycles. The van der Waals surface area contributed by atoms with Crippen LogP contribution in [0.15, 0.2) is 29.4 Å². The van der Waals surface area contributed by atoms with Crippen molar-refractivity contribution in [1.29, 1.82) is 0 Å². The van der Waals surface area contributed by atoms with Crippen molar-refractivity contribution in [3.05, 3.63) is 46.6 Å². The van der Waals surface area contributed by atoms with Gasteiger partial charge in [0.25, 0.3) is 11.9 Å². The molecule has 0 aromatic carbocycles. The van der Waals surface area contributed by atoms with E-state index >= 15 is 0 Å². The van der Waals surface area contributed by atoms with E-state index in [1.54, 1.807) is 0 Å². The van der Waals surface area contributed by atoms with Gasteiger partial charge in [0, 0.05) is 12.5 Å². The van der Waals surface area contributed by atoms with Gasteiger partial charge in [0.15, 0.2) is 6.10 Å². The molecule has 0 aliphatic carbocycles. The SMILES string of the molecule is COc1cnc(C(=O)Nc2ccc(F)c([C@@]3(C)C[C@@H](C(F)(F)F)OC(N)=N3)n2)c(Cl)c1. The van der Waals surface area contributed by atoms with Crippen molar-refractivity contribution >= 4 is 29.3 Å². The lowest BCUT2D eigenvalue weighted by molar-refractivity contribution is -0.208. The number of aromatic nitrogens is 2. The van der Waals surface area contributed by atoms with Gasteiger partial charge in [0.05, 0.1) is 18.3 Å². The Bertz CT molecular complexity index is 1050. The van der Waals surface area contributed by atoms with E-state index in [-0.39, 0.29) is 16.5 Å². The molecule has 1 aliphatic rings. The normalized spacial score (nSPS) is 21.1. The highest BCUT2D eigenvalue weighted by molar-refractivity contribution is 6.34. The fourth-order valence-electron chi connectivity index (χ4n) is 2.96. The number of methoxy groups -OCH3 is 1. The second kappa shape index (κ2) is 8.17. The maximum Gasteiger partial charge on any atom is 0.425 e. The largest absolute Gasteiger partial charge is 0.495 e. The summed E-state index contributed by atoms with van der Waals surface area (Å²) in [5, 5.41) is 2.36. The molecule has 0 saturated carbocycles. The Balaban J connectivity index is 1.91. The van der Waals surface area contributed by atoms with E-state index in [4.69, 9.17) is 22.1 Å². The Kier molecular flexibility index (Phi) is 5.94. The van der Waals surface area contributed by atoms with Crippen LogP contribution in [0, 0.1) is 5.82 Å². The molecule has 0 spiro atoms. The van der Waals surface area contributed by atoms with Crippen molar-refractivity contribution in [3.8, 4) is 5.75 Å². The third-order valence-corrected chi connectivity index (χ3v) is 4.72. The molecule has 2 aromatic rings. The van der Waals surface area contributed by atoms with Crippen LogP contribution >= 0.6 is 11.6 Å². The van der Waals surface area contributed by atoms with Crippen LogP contribution < -0.4 is 15.8 Å². The first-order valence-electron chi connectivity index (χ1n) is 8.69. The van der Waals surface area contributed by atoms with Crippen LogP contribution in [0.2, 0.25) is 5.02 Å². The second-order valence-electron chi connectivity index (χ2n) is 6.76. The number of halogens is 5. The van der Waals surface area contributed by atoms with Gasteiger partial charge in [0.2, 0.25) is 0 Å². The summed E-state index contributed by atoms with van der Waals surface area (Å²) in [5.41, 5.74) is 3.00. The number of carbonyl (C=O) groups is 1. The number of carbonyl (C=O) groups excluding carboxylic acids is 1. The van der Waals surface area contributed by atoms with E-state index in [0.717, 1.165) is 12.1 Å². The minimum Gasteiger partial charge on any atom is -0.495 e. The standard InChI is InChI=1S/C18H16ClF4N5O3/c1-17(6-11(18(21,22)23)31-16(24)28-17)14-10(20)3-4-12(26-14)27-15(29)13-9(19)5-8(30-2)7-25-13/h3-5,7,11H,6H2,1-2H3,(H2,24,28)(H,26,27,29)/t11-,17+/m0/s1. The van der Waals surface area contributed by atoms with E-state index in [1.165, 1.54) is 26.3 Å². The van der Waals surface area contributed by atoms with E-state index in [9.17, 15) is 22.4 Å². The number of aliphatic imine (C=N–C) groups is 1. The van der Waals surface area contributed by atoms with E-state index in [2.05, 4.69) is 25.0 Å². The summed E-state index contributed by atoms with van der Waals surface area (Å²) < 4.78 is 63.5. The summed E-state index contributed by atoms with van der Waals surface area (Å²) >= 11 is 6.01. The van der Waals surface area contributed by atoms with Crippen molar-refractivity contribution < 1.29 is 31.8 Å². The maximum absolute atomic E-state index is 14.5. The quantitative estimate of drug-likeness (QED) is 0.675. The number of anilines is 1. The third-order valence-electron chi connectivity index (χ3n) is 4.43. The number of rotatable bonds is 4. The number of ether oxygens (including phenoxy) is 2. The van der Waals surface area contributed by atoms with Crippen LogP contribution in [0.1, 0.15) is 29.5 Å². The van der Waals surface area contributed by atoms with Crippen LogP contribution in [0.5, 0.6) is 5.75 Å². The van der Waals surface area contributed by atoms with Crippen LogP contribution in [-0.2, 0) is 10.3 Å². The molecule has 2 aromatic heterocycles. The average Bonchev–Trinajstić information content (AvgIpc) is 2.67. The zero-order valence-electron chi connectivity index (χ0n) is 16.1. The molecule has 1 amide bonds. The van der Waals surface area contributed by atoms with Gasteiger partial charge in [-0.2, -0.15) is 13.2 Å². The Hall–Kier alpha value is -3.15. The predicted molar refractivity (Wildman–Crippen MR) is 102 cm³/mol. The number of amides is 1. The number of nitrogens with zero attached hydrogens (tertiary/aromatic N) is 3. The summed E-state index contributed by atoms with van der Waals surface area (Å²) in [6.45, 7) is 1.24.